The number of hydrogen-bond acceptors (Lipinski definition) is 4. The standard InChI is InChI=1S/C17H18ClNO4/c1-10-7-13(15(22-3)9-12(10)18)19-17(20)11-5-6-14(21-2)16(8-11)23-4/h5-9H,1-4H3,(H,19,20). The van der Waals surface area contributed by atoms with Crippen molar-refractivity contribution in [3.63, 3.8) is 0 Å². The van der Waals surface area contributed by atoms with Gasteiger partial charge in [-0.15, -0.1) is 0 Å². The Morgan fingerprint density at radius 1 is 0.957 bits per heavy atom. The first-order chi connectivity index (χ1) is 11.0. The molecule has 5 nitrogen and oxygen atoms in total. The fourth-order valence-corrected chi connectivity index (χ4v) is 2.26. The zero-order valence-electron chi connectivity index (χ0n) is 13.4. The highest BCUT2D eigenvalue weighted by atomic mass is 35.5. The van der Waals surface area contributed by atoms with Crippen molar-refractivity contribution in [2.24, 2.45) is 0 Å². The van der Waals surface area contributed by atoms with Gasteiger partial charge in [-0.1, -0.05) is 11.6 Å². The van der Waals surface area contributed by atoms with Gasteiger partial charge in [0.1, 0.15) is 5.75 Å². The zero-order valence-corrected chi connectivity index (χ0v) is 14.2. The Hall–Kier alpha value is -2.40. The second-order valence-corrected chi connectivity index (χ2v) is 5.23. The number of amides is 1. The molecule has 0 unspecified atom stereocenters. The average molecular weight is 336 g/mol. The molecular formula is C17H18ClNO4. The topological polar surface area (TPSA) is 56.8 Å². The summed E-state index contributed by atoms with van der Waals surface area (Å²) in [6.45, 7) is 1.85. The highest BCUT2D eigenvalue weighted by Gasteiger charge is 2.14. The first kappa shape index (κ1) is 17.0. The van der Waals surface area contributed by atoms with Crippen LogP contribution < -0.4 is 19.5 Å². The molecule has 0 aliphatic heterocycles. The maximum atomic E-state index is 12.5. The van der Waals surface area contributed by atoms with Gasteiger partial charge in [0.05, 0.1) is 27.0 Å². The Kier molecular flexibility index (Phi) is 5.34. The maximum absolute atomic E-state index is 12.5. The highest BCUT2D eigenvalue weighted by molar-refractivity contribution is 6.31. The van der Waals surface area contributed by atoms with Crippen LogP contribution in [0.5, 0.6) is 17.2 Å². The number of carbonyl (C=O) groups excluding carboxylic acids is 1. The fourth-order valence-electron chi connectivity index (χ4n) is 2.10. The van der Waals surface area contributed by atoms with Crippen LogP contribution in [0.2, 0.25) is 5.02 Å². The molecule has 0 bridgehead atoms. The monoisotopic (exact) mass is 335 g/mol. The average Bonchev–Trinajstić information content (AvgIpc) is 2.57. The Bertz CT molecular complexity index is 731. The summed E-state index contributed by atoms with van der Waals surface area (Å²) in [5, 5.41) is 3.39. The minimum atomic E-state index is -0.286. The number of rotatable bonds is 5. The fraction of sp³-hybridized carbons (Fsp3) is 0.235. The first-order valence-electron chi connectivity index (χ1n) is 6.87. The Morgan fingerprint density at radius 2 is 1.61 bits per heavy atom. The number of methoxy groups -OCH3 is 3. The number of ether oxygens (including phenoxy) is 3. The lowest BCUT2D eigenvalue weighted by Gasteiger charge is -2.13. The summed E-state index contributed by atoms with van der Waals surface area (Å²) in [6.07, 6.45) is 0. The van der Waals surface area contributed by atoms with Crippen LogP contribution in [0.4, 0.5) is 5.69 Å². The molecule has 0 saturated heterocycles. The van der Waals surface area contributed by atoms with Crippen molar-refractivity contribution >= 4 is 23.2 Å². The van der Waals surface area contributed by atoms with Gasteiger partial charge in [-0.2, -0.15) is 0 Å². The van der Waals surface area contributed by atoms with Crippen molar-refractivity contribution in [2.45, 2.75) is 6.92 Å². The van der Waals surface area contributed by atoms with Gasteiger partial charge >= 0.3 is 0 Å². The van der Waals surface area contributed by atoms with E-state index in [1.165, 1.54) is 14.2 Å². The molecule has 0 heterocycles. The molecule has 0 atom stereocenters. The number of aryl methyl sites for hydroxylation is 1. The van der Waals surface area contributed by atoms with E-state index in [0.29, 0.717) is 33.5 Å². The van der Waals surface area contributed by atoms with Gasteiger partial charge in [-0.05, 0) is 36.8 Å². The molecule has 122 valence electrons. The van der Waals surface area contributed by atoms with Gasteiger partial charge in [0.15, 0.2) is 11.5 Å². The molecule has 0 saturated carbocycles. The van der Waals surface area contributed by atoms with Crippen molar-refractivity contribution in [2.75, 3.05) is 26.6 Å². The van der Waals surface area contributed by atoms with E-state index in [2.05, 4.69) is 5.32 Å². The van der Waals surface area contributed by atoms with E-state index >= 15 is 0 Å². The van der Waals surface area contributed by atoms with Crippen molar-refractivity contribution < 1.29 is 19.0 Å². The van der Waals surface area contributed by atoms with Crippen LogP contribution in [-0.4, -0.2) is 27.2 Å². The molecule has 1 amide bonds. The van der Waals surface area contributed by atoms with Crippen molar-refractivity contribution in [3.05, 3.63) is 46.5 Å². The van der Waals surface area contributed by atoms with E-state index in [4.69, 9.17) is 25.8 Å². The smallest absolute Gasteiger partial charge is 0.255 e. The quantitative estimate of drug-likeness (QED) is 0.899. The summed E-state index contributed by atoms with van der Waals surface area (Å²) in [6, 6.07) is 8.38. The van der Waals surface area contributed by atoms with Crippen LogP contribution in [0.3, 0.4) is 0 Å². The number of carbonyl (C=O) groups is 1. The molecule has 0 aromatic heterocycles. The van der Waals surface area contributed by atoms with Crippen LogP contribution in [0.1, 0.15) is 15.9 Å². The number of hydrogen-bond donors (Lipinski definition) is 1. The van der Waals surface area contributed by atoms with Crippen molar-refractivity contribution in [3.8, 4) is 17.2 Å². The Morgan fingerprint density at radius 3 is 2.22 bits per heavy atom. The number of benzene rings is 2. The van der Waals surface area contributed by atoms with E-state index < -0.39 is 0 Å². The largest absolute Gasteiger partial charge is 0.495 e. The van der Waals surface area contributed by atoms with Gasteiger partial charge in [0.2, 0.25) is 0 Å². The van der Waals surface area contributed by atoms with Crippen LogP contribution in [0.25, 0.3) is 0 Å². The molecule has 2 rings (SSSR count). The molecule has 0 radical (unpaired) electrons. The SMILES string of the molecule is COc1cc(Cl)c(C)cc1NC(=O)c1ccc(OC)c(OC)c1. The predicted molar refractivity (Wildman–Crippen MR) is 90.2 cm³/mol. The van der Waals surface area contributed by atoms with Crippen LogP contribution >= 0.6 is 11.6 Å². The third-order valence-electron chi connectivity index (χ3n) is 3.37. The summed E-state index contributed by atoms with van der Waals surface area (Å²) >= 11 is 6.07. The summed E-state index contributed by atoms with van der Waals surface area (Å²) in [5.41, 5.74) is 1.83. The van der Waals surface area contributed by atoms with E-state index in [-0.39, 0.29) is 5.91 Å². The Balaban J connectivity index is 2.31. The van der Waals surface area contributed by atoms with E-state index in [1.54, 1.807) is 37.4 Å². The highest BCUT2D eigenvalue weighted by Crippen LogP contribution is 2.32. The summed E-state index contributed by atoms with van der Waals surface area (Å²) in [4.78, 5) is 12.5. The van der Waals surface area contributed by atoms with Crippen LogP contribution in [0, 0.1) is 6.92 Å². The molecule has 0 spiro atoms. The molecule has 6 heteroatoms. The van der Waals surface area contributed by atoms with Crippen molar-refractivity contribution in [1.82, 2.24) is 0 Å². The van der Waals surface area contributed by atoms with Crippen LogP contribution in [-0.2, 0) is 0 Å². The van der Waals surface area contributed by atoms with E-state index in [0.717, 1.165) is 5.56 Å². The molecule has 0 aliphatic rings. The lowest BCUT2D eigenvalue weighted by molar-refractivity contribution is 0.102. The number of halogens is 1. The molecule has 0 fully saturated rings. The second-order valence-electron chi connectivity index (χ2n) is 4.83. The summed E-state index contributed by atoms with van der Waals surface area (Å²) in [5.74, 6) is 1.25. The second kappa shape index (κ2) is 7.24. The maximum Gasteiger partial charge on any atom is 0.255 e. The third kappa shape index (κ3) is 3.68. The van der Waals surface area contributed by atoms with Gasteiger partial charge in [0, 0.05) is 16.7 Å². The molecule has 2 aromatic rings. The van der Waals surface area contributed by atoms with Crippen LogP contribution in [0.15, 0.2) is 30.3 Å². The summed E-state index contributed by atoms with van der Waals surface area (Å²) in [7, 11) is 4.58. The lowest BCUT2D eigenvalue weighted by Crippen LogP contribution is -2.13. The number of anilines is 1. The Labute approximate surface area is 140 Å². The number of nitrogens with one attached hydrogen (secondary N) is 1. The van der Waals surface area contributed by atoms with Crippen molar-refractivity contribution in [1.29, 1.82) is 0 Å². The molecule has 1 N–H and O–H groups in total. The minimum absolute atomic E-state index is 0.286. The van der Waals surface area contributed by atoms with Gasteiger partial charge in [0.25, 0.3) is 5.91 Å². The van der Waals surface area contributed by atoms with Gasteiger partial charge in [-0.25, -0.2) is 0 Å². The molecule has 0 aliphatic carbocycles. The van der Waals surface area contributed by atoms with E-state index in [9.17, 15) is 4.79 Å². The third-order valence-corrected chi connectivity index (χ3v) is 3.78. The minimum Gasteiger partial charge on any atom is -0.495 e. The van der Waals surface area contributed by atoms with E-state index in [1.807, 2.05) is 6.92 Å². The molecule has 23 heavy (non-hydrogen) atoms. The first-order valence-corrected chi connectivity index (χ1v) is 7.25. The normalized spacial score (nSPS) is 10.1. The van der Waals surface area contributed by atoms with Gasteiger partial charge in [-0.3, -0.25) is 4.79 Å². The molecular weight excluding hydrogens is 318 g/mol. The predicted octanol–water partition coefficient (Wildman–Crippen LogP) is 3.93. The zero-order chi connectivity index (χ0) is 17.0. The van der Waals surface area contributed by atoms with Gasteiger partial charge < -0.3 is 19.5 Å². The molecule has 2 aromatic carbocycles. The lowest BCUT2D eigenvalue weighted by atomic mass is 10.1. The summed E-state index contributed by atoms with van der Waals surface area (Å²) < 4.78 is 15.6.